The minimum atomic E-state index is -4.61. The lowest BCUT2D eigenvalue weighted by Gasteiger charge is -2.20. The van der Waals surface area contributed by atoms with Crippen molar-refractivity contribution in [2.75, 3.05) is 0 Å². The number of rotatable bonds is 7. The number of halogens is 4. The van der Waals surface area contributed by atoms with E-state index in [-0.39, 0.29) is 47.0 Å². The number of amides is 1. The Morgan fingerprint density at radius 3 is 2.54 bits per heavy atom. The molecule has 2 N–H and O–H groups in total. The Kier molecular flexibility index (Phi) is 6.88. The third kappa shape index (κ3) is 5.79. The number of hydrogen-bond acceptors (Lipinski definition) is 3. The Bertz CT molecular complexity index is 1600. The number of alkyl halides is 3. The van der Waals surface area contributed by atoms with Crippen LogP contribution in [0, 0.1) is 24.1 Å². The molecular formula is C29H27F4N5O. The third-order valence-electron chi connectivity index (χ3n) is 6.94. The molecule has 1 unspecified atom stereocenters. The molecule has 1 saturated carbocycles. The van der Waals surface area contributed by atoms with E-state index in [1.165, 1.54) is 13.1 Å². The molecule has 5 rings (SSSR count). The molecule has 6 nitrogen and oxygen atoms in total. The van der Waals surface area contributed by atoms with Crippen molar-refractivity contribution in [1.29, 1.82) is 5.41 Å². The summed E-state index contributed by atoms with van der Waals surface area (Å²) >= 11 is 0. The first-order valence-electron chi connectivity index (χ1n) is 12.5. The van der Waals surface area contributed by atoms with Gasteiger partial charge in [0.15, 0.2) is 5.69 Å². The summed E-state index contributed by atoms with van der Waals surface area (Å²) in [5.41, 5.74) is 2.02. The van der Waals surface area contributed by atoms with E-state index in [0.29, 0.717) is 16.7 Å². The van der Waals surface area contributed by atoms with Gasteiger partial charge in [-0.25, -0.2) is 4.39 Å². The first-order valence-corrected chi connectivity index (χ1v) is 12.5. The number of benzene rings is 2. The van der Waals surface area contributed by atoms with Crippen LogP contribution in [0.2, 0.25) is 0 Å². The summed E-state index contributed by atoms with van der Waals surface area (Å²) in [7, 11) is 1.42. The predicted molar refractivity (Wildman–Crippen MR) is 137 cm³/mol. The van der Waals surface area contributed by atoms with Gasteiger partial charge < -0.3 is 9.88 Å². The van der Waals surface area contributed by atoms with Crippen molar-refractivity contribution in [3.8, 4) is 11.3 Å². The van der Waals surface area contributed by atoms with Crippen LogP contribution in [0.3, 0.4) is 0 Å². The first-order chi connectivity index (χ1) is 18.5. The molecule has 0 aliphatic heterocycles. The summed E-state index contributed by atoms with van der Waals surface area (Å²) in [6, 6.07) is 15.5. The Balaban J connectivity index is 1.54. The van der Waals surface area contributed by atoms with Gasteiger partial charge in [0.25, 0.3) is 5.91 Å². The maximum atomic E-state index is 13.9. The maximum Gasteiger partial charge on any atom is 0.435 e. The van der Waals surface area contributed by atoms with Crippen LogP contribution >= 0.6 is 0 Å². The minimum Gasteiger partial charge on any atom is -0.345 e. The van der Waals surface area contributed by atoms with E-state index >= 15 is 0 Å². The maximum absolute atomic E-state index is 13.9. The Hall–Kier alpha value is -4.21. The zero-order valence-electron chi connectivity index (χ0n) is 21.4. The van der Waals surface area contributed by atoms with Gasteiger partial charge in [-0.05, 0) is 84.8 Å². The lowest BCUT2D eigenvalue weighted by atomic mass is 9.98. The topological polar surface area (TPSA) is 75.7 Å². The molecule has 39 heavy (non-hydrogen) atoms. The summed E-state index contributed by atoms with van der Waals surface area (Å²) in [4.78, 5) is 13.6. The van der Waals surface area contributed by atoms with Crippen molar-refractivity contribution >= 4 is 5.91 Å². The van der Waals surface area contributed by atoms with E-state index in [9.17, 15) is 22.4 Å². The molecule has 0 spiro atoms. The molecule has 1 amide bonds. The van der Waals surface area contributed by atoms with Crippen molar-refractivity contribution < 1.29 is 22.4 Å². The number of nitrogens with one attached hydrogen (secondary N) is 2. The van der Waals surface area contributed by atoms with Crippen molar-refractivity contribution in [2.24, 2.45) is 13.0 Å². The van der Waals surface area contributed by atoms with E-state index in [2.05, 4.69) is 10.4 Å². The van der Waals surface area contributed by atoms with E-state index in [4.69, 9.17) is 5.41 Å². The molecule has 1 aliphatic carbocycles. The van der Waals surface area contributed by atoms with Crippen molar-refractivity contribution in [1.82, 2.24) is 19.7 Å². The minimum absolute atomic E-state index is 0.204. The molecule has 1 atom stereocenters. The average Bonchev–Trinajstić information content (AvgIpc) is 3.65. The van der Waals surface area contributed by atoms with Crippen LogP contribution in [-0.4, -0.2) is 20.3 Å². The Morgan fingerprint density at radius 2 is 1.90 bits per heavy atom. The second kappa shape index (κ2) is 10.2. The van der Waals surface area contributed by atoms with Gasteiger partial charge in [0.2, 0.25) is 0 Å². The third-order valence-corrected chi connectivity index (χ3v) is 6.94. The van der Waals surface area contributed by atoms with Gasteiger partial charge in [0, 0.05) is 30.9 Å². The van der Waals surface area contributed by atoms with Gasteiger partial charge in [-0.2, -0.15) is 18.3 Å². The zero-order valence-corrected chi connectivity index (χ0v) is 21.4. The summed E-state index contributed by atoms with van der Waals surface area (Å²) in [6.45, 7) is 1.91. The molecule has 202 valence electrons. The zero-order chi connectivity index (χ0) is 27.9. The predicted octanol–water partition coefficient (Wildman–Crippen LogP) is 5.76. The molecule has 2 aromatic heterocycles. The molecule has 1 fully saturated rings. The molecule has 10 heteroatoms. The second-order valence-electron chi connectivity index (χ2n) is 9.97. The quantitative estimate of drug-likeness (QED) is 0.294. The smallest absolute Gasteiger partial charge is 0.345 e. The van der Waals surface area contributed by atoms with Gasteiger partial charge in [0.05, 0.1) is 11.7 Å². The first kappa shape index (κ1) is 26.4. The highest BCUT2D eigenvalue weighted by Gasteiger charge is 2.35. The summed E-state index contributed by atoms with van der Waals surface area (Å²) in [5.74, 6) is -0.489. The molecule has 4 aromatic rings. The standard InChI is InChI=1S/C29H27F4N5O/c1-17-11-20(8-9-23(17)30)27(19-6-7-19)35-28(39)22-13-18(16-38-10-4-3-5-26(38)34)12-21(14-22)24-15-25(29(31,32)33)36-37(24)2/h3-5,8-15,19,27,34H,6-7,16H2,1-2H3,(H,35,39). The largest absolute Gasteiger partial charge is 0.435 e. The lowest BCUT2D eigenvalue weighted by molar-refractivity contribution is -0.141. The normalized spacial score (nSPS) is 14.3. The van der Waals surface area contributed by atoms with Crippen LogP contribution < -0.4 is 10.8 Å². The Morgan fingerprint density at radius 1 is 1.13 bits per heavy atom. The van der Waals surface area contributed by atoms with Gasteiger partial charge in [-0.1, -0.05) is 18.2 Å². The lowest BCUT2D eigenvalue weighted by Crippen LogP contribution is -2.30. The van der Waals surface area contributed by atoms with Crippen LogP contribution in [0.4, 0.5) is 17.6 Å². The van der Waals surface area contributed by atoms with Crippen LogP contribution in [0.1, 0.15) is 51.6 Å². The van der Waals surface area contributed by atoms with Crippen LogP contribution in [0.25, 0.3) is 11.3 Å². The highest BCUT2D eigenvalue weighted by molar-refractivity contribution is 5.96. The highest BCUT2D eigenvalue weighted by Crippen LogP contribution is 2.41. The van der Waals surface area contributed by atoms with Crippen LogP contribution in [0.5, 0.6) is 0 Å². The van der Waals surface area contributed by atoms with Gasteiger partial charge >= 0.3 is 6.18 Å². The van der Waals surface area contributed by atoms with Crippen LogP contribution in [-0.2, 0) is 19.8 Å². The summed E-state index contributed by atoms with van der Waals surface area (Å²) in [6.07, 6.45) is -1.03. The van der Waals surface area contributed by atoms with E-state index in [1.807, 2.05) is 0 Å². The summed E-state index contributed by atoms with van der Waals surface area (Å²) < 4.78 is 56.8. The number of carbonyl (C=O) groups is 1. The Labute approximate surface area is 222 Å². The van der Waals surface area contributed by atoms with Gasteiger partial charge in [-0.3, -0.25) is 14.9 Å². The van der Waals surface area contributed by atoms with E-state index in [0.717, 1.165) is 29.2 Å². The molecule has 0 saturated heterocycles. The van der Waals surface area contributed by atoms with Crippen molar-refractivity contribution in [3.05, 3.63) is 106 Å². The number of hydrogen-bond donors (Lipinski definition) is 2. The second-order valence-corrected chi connectivity index (χ2v) is 9.97. The fraction of sp³-hybridized carbons (Fsp3) is 0.276. The molecule has 0 radical (unpaired) electrons. The molecule has 0 bridgehead atoms. The van der Waals surface area contributed by atoms with E-state index in [1.54, 1.807) is 66.2 Å². The molecule has 2 aromatic carbocycles. The van der Waals surface area contributed by atoms with Crippen molar-refractivity contribution in [2.45, 2.75) is 38.5 Å². The molecule has 2 heterocycles. The van der Waals surface area contributed by atoms with E-state index < -0.39 is 11.9 Å². The highest BCUT2D eigenvalue weighted by atomic mass is 19.4. The number of nitrogens with zero attached hydrogens (tertiary/aromatic N) is 3. The number of pyridine rings is 1. The van der Waals surface area contributed by atoms with Gasteiger partial charge in [-0.15, -0.1) is 0 Å². The molecule has 1 aliphatic rings. The van der Waals surface area contributed by atoms with Crippen LogP contribution in [0.15, 0.2) is 66.9 Å². The SMILES string of the molecule is Cc1cc(C(NC(=O)c2cc(Cn3ccccc3=N)cc(-c3cc(C(F)(F)F)nn3C)c2)C2CC2)ccc1F. The molecular weight excluding hydrogens is 510 g/mol. The number of carbonyl (C=O) groups excluding carboxylic acids is 1. The average molecular weight is 538 g/mol. The monoisotopic (exact) mass is 537 g/mol. The fourth-order valence-electron chi connectivity index (χ4n) is 4.74. The number of aromatic nitrogens is 3. The van der Waals surface area contributed by atoms with Gasteiger partial charge in [0.1, 0.15) is 11.3 Å². The fourth-order valence-corrected chi connectivity index (χ4v) is 4.74. The summed E-state index contributed by atoms with van der Waals surface area (Å²) in [5, 5.41) is 14.9. The van der Waals surface area contributed by atoms with Crippen molar-refractivity contribution in [3.63, 3.8) is 0 Å². The number of aryl methyl sites for hydroxylation is 2.